The van der Waals surface area contributed by atoms with Gasteiger partial charge >= 0.3 is 0 Å². The number of benzene rings is 2. The Bertz CT molecular complexity index is 518. The molecule has 0 radical (unpaired) electrons. The van der Waals surface area contributed by atoms with E-state index in [0.717, 1.165) is 5.69 Å². The molecule has 0 saturated heterocycles. The number of fused-ring (bicyclic) bond motifs is 1. The van der Waals surface area contributed by atoms with Gasteiger partial charge < -0.3 is 5.73 Å². The molecule has 2 aromatic rings. The predicted octanol–water partition coefficient (Wildman–Crippen LogP) is 3.16. The van der Waals surface area contributed by atoms with E-state index in [1.807, 2.05) is 12.1 Å². The van der Waals surface area contributed by atoms with Gasteiger partial charge in [-0.05, 0) is 30.9 Å². The highest BCUT2D eigenvalue weighted by atomic mass is 14.8. The Hall–Kier alpha value is -1.83. The molecule has 76 valence electrons. The number of aryl methyl sites for hydroxylation is 1. The zero-order chi connectivity index (χ0) is 10.8. The number of nitrogens with zero attached hydrogens (tertiary/aromatic N) is 1. The molecule has 0 aliphatic carbocycles. The summed E-state index contributed by atoms with van der Waals surface area (Å²) in [6.07, 6.45) is 0. The van der Waals surface area contributed by atoms with Crippen LogP contribution in [-0.4, -0.2) is 5.84 Å². The topological polar surface area (TPSA) is 38.4 Å². The first-order chi connectivity index (χ1) is 7.18. The molecule has 2 aromatic carbocycles. The molecule has 0 spiro atoms. The molecule has 0 heterocycles. The molecule has 15 heavy (non-hydrogen) atoms. The van der Waals surface area contributed by atoms with Gasteiger partial charge in [-0.15, -0.1) is 0 Å². The van der Waals surface area contributed by atoms with E-state index in [0.29, 0.717) is 5.84 Å². The lowest BCUT2D eigenvalue weighted by molar-refractivity contribution is 1.45. The normalized spacial score (nSPS) is 12.0. The standard InChI is InChI=1S/C13H14N2/c1-9-5-3-6-11-7-4-8-12(13(9)11)15-10(2)14/h3-8H,1-2H3,(H2,14,15). The molecule has 2 rings (SSSR count). The van der Waals surface area contributed by atoms with E-state index in [4.69, 9.17) is 5.73 Å². The van der Waals surface area contributed by atoms with Crippen molar-refractivity contribution in [1.29, 1.82) is 0 Å². The highest BCUT2D eigenvalue weighted by molar-refractivity contribution is 5.97. The maximum Gasteiger partial charge on any atom is 0.0965 e. The molecule has 0 aromatic heterocycles. The lowest BCUT2D eigenvalue weighted by Gasteiger charge is -2.05. The molecule has 0 bridgehead atoms. The van der Waals surface area contributed by atoms with Crippen LogP contribution in [0.2, 0.25) is 0 Å². The summed E-state index contributed by atoms with van der Waals surface area (Å²) in [5.74, 6) is 0.589. The second-order valence-electron chi connectivity index (χ2n) is 3.70. The quantitative estimate of drug-likeness (QED) is 0.554. The summed E-state index contributed by atoms with van der Waals surface area (Å²) in [5, 5.41) is 2.39. The number of nitrogens with two attached hydrogens (primary N) is 1. The summed E-state index contributed by atoms with van der Waals surface area (Å²) >= 11 is 0. The van der Waals surface area contributed by atoms with Gasteiger partial charge in [0.05, 0.1) is 11.5 Å². The fourth-order valence-corrected chi connectivity index (χ4v) is 1.79. The molecule has 2 heteroatoms. The number of rotatable bonds is 1. The van der Waals surface area contributed by atoms with E-state index >= 15 is 0 Å². The van der Waals surface area contributed by atoms with Crippen LogP contribution in [0.3, 0.4) is 0 Å². The van der Waals surface area contributed by atoms with Crippen molar-refractivity contribution in [3.63, 3.8) is 0 Å². The molecule has 2 nitrogen and oxygen atoms in total. The van der Waals surface area contributed by atoms with Crippen molar-refractivity contribution in [2.24, 2.45) is 10.7 Å². The minimum Gasteiger partial charge on any atom is -0.387 e. The SMILES string of the molecule is C/C(N)=N/c1cccc2cccc(C)c12. The summed E-state index contributed by atoms with van der Waals surface area (Å²) in [6, 6.07) is 12.3. The van der Waals surface area contributed by atoms with Crippen molar-refractivity contribution in [2.75, 3.05) is 0 Å². The number of aliphatic imine (C=N–C) groups is 1. The molecule has 0 aliphatic rings. The van der Waals surface area contributed by atoms with Gasteiger partial charge in [-0.2, -0.15) is 0 Å². The molecule has 0 unspecified atom stereocenters. The third kappa shape index (κ3) is 1.84. The van der Waals surface area contributed by atoms with Crippen molar-refractivity contribution in [1.82, 2.24) is 0 Å². The van der Waals surface area contributed by atoms with Crippen molar-refractivity contribution in [3.8, 4) is 0 Å². The van der Waals surface area contributed by atoms with Gasteiger partial charge in [-0.25, -0.2) is 4.99 Å². The van der Waals surface area contributed by atoms with E-state index in [1.165, 1.54) is 16.3 Å². The molecule has 0 aliphatic heterocycles. The molecule has 0 saturated carbocycles. The molecular weight excluding hydrogens is 184 g/mol. The maximum absolute atomic E-state index is 5.62. The van der Waals surface area contributed by atoms with E-state index in [1.54, 1.807) is 6.92 Å². The first-order valence-electron chi connectivity index (χ1n) is 4.97. The summed E-state index contributed by atoms with van der Waals surface area (Å²) in [4.78, 5) is 4.34. The smallest absolute Gasteiger partial charge is 0.0965 e. The molecule has 0 fully saturated rings. The van der Waals surface area contributed by atoms with Gasteiger partial charge in [-0.3, -0.25) is 0 Å². The monoisotopic (exact) mass is 198 g/mol. The summed E-state index contributed by atoms with van der Waals surface area (Å²) < 4.78 is 0. The van der Waals surface area contributed by atoms with E-state index in [9.17, 15) is 0 Å². The fourth-order valence-electron chi connectivity index (χ4n) is 1.79. The van der Waals surface area contributed by atoms with E-state index < -0.39 is 0 Å². The Kier molecular flexibility index (Phi) is 2.42. The molecular formula is C13H14N2. The van der Waals surface area contributed by atoms with Gasteiger partial charge in [0.15, 0.2) is 0 Å². The number of hydrogen-bond donors (Lipinski definition) is 1. The Morgan fingerprint density at radius 3 is 2.47 bits per heavy atom. The number of hydrogen-bond acceptors (Lipinski definition) is 1. The first-order valence-corrected chi connectivity index (χ1v) is 4.97. The van der Waals surface area contributed by atoms with Crippen LogP contribution in [0.5, 0.6) is 0 Å². The van der Waals surface area contributed by atoms with Crippen molar-refractivity contribution >= 4 is 22.3 Å². The van der Waals surface area contributed by atoms with E-state index in [-0.39, 0.29) is 0 Å². The van der Waals surface area contributed by atoms with Crippen LogP contribution in [0.4, 0.5) is 5.69 Å². The summed E-state index contributed by atoms with van der Waals surface area (Å²) in [7, 11) is 0. The Morgan fingerprint density at radius 1 is 1.13 bits per heavy atom. The van der Waals surface area contributed by atoms with Crippen LogP contribution in [0.25, 0.3) is 10.8 Å². The Balaban J connectivity index is 2.80. The fraction of sp³-hybridized carbons (Fsp3) is 0.154. The molecule has 0 amide bonds. The Labute approximate surface area is 89.4 Å². The third-order valence-corrected chi connectivity index (χ3v) is 2.39. The Morgan fingerprint density at radius 2 is 1.80 bits per heavy atom. The number of amidine groups is 1. The zero-order valence-electron chi connectivity index (χ0n) is 8.99. The third-order valence-electron chi connectivity index (χ3n) is 2.39. The second-order valence-corrected chi connectivity index (χ2v) is 3.70. The highest BCUT2D eigenvalue weighted by Gasteiger charge is 2.01. The van der Waals surface area contributed by atoms with E-state index in [2.05, 4.69) is 36.2 Å². The lowest BCUT2D eigenvalue weighted by Crippen LogP contribution is -2.03. The zero-order valence-corrected chi connectivity index (χ0v) is 8.99. The van der Waals surface area contributed by atoms with Crippen LogP contribution < -0.4 is 5.73 Å². The van der Waals surface area contributed by atoms with Crippen LogP contribution in [0.15, 0.2) is 41.4 Å². The van der Waals surface area contributed by atoms with Gasteiger partial charge in [0.1, 0.15) is 0 Å². The predicted molar refractivity (Wildman–Crippen MR) is 65.6 cm³/mol. The lowest BCUT2D eigenvalue weighted by atomic mass is 10.0. The van der Waals surface area contributed by atoms with Gasteiger partial charge in [-0.1, -0.05) is 30.3 Å². The average molecular weight is 198 g/mol. The van der Waals surface area contributed by atoms with Gasteiger partial charge in [0.25, 0.3) is 0 Å². The van der Waals surface area contributed by atoms with Gasteiger partial charge in [0, 0.05) is 5.39 Å². The van der Waals surface area contributed by atoms with Crippen molar-refractivity contribution < 1.29 is 0 Å². The van der Waals surface area contributed by atoms with Crippen LogP contribution in [0.1, 0.15) is 12.5 Å². The van der Waals surface area contributed by atoms with Crippen LogP contribution >= 0.6 is 0 Å². The second kappa shape index (κ2) is 3.73. The van der Waals surface area contributed by atoms with Crippen LogP contribution in [-0.2, 0) is 0 Å². The summed E-state index contributed by atoms with van der Waals surface area (Å²) in [6.45, 7) is 3.89. The van der Waals surface area contributed by atoms with Crippen LogP contribution in [0, 0.1) is 6.92 Å². The summed E-state index contributed by atoms with van der Waals surface area (Å²) in [5.41, 5.74) is 7.79. The van der Waals surface area contributed by atoms with Gasteiger partial charge in [0.2, 0.25) is 0 Å². The van der Waals surface area contributed by atoms with Crippen molar-refractivity contribution in [2.45, 2.75) is 13.8 Å². The minimum atomic E-state index is 0.589. The first kappa shape index (κ1) is 9.71. The largest absolute Gasteiger partial charge is 0.387 e. The molecule has 2 N–H and O–H groups in total. The minimum absolute atomic E-state index is 0.589. The highest BCUT2D eigenvalue weighted by Crippen LogP contribution is 2.28. The maximum atomic E-state index is 5.62. The average Bonchev–Trinajstić information content (AvgIpc) is 2.17. The van der Waals surface area contributed by atoms with Crippen molar-refractivity contribution in [3.05, 3.63) is 42.0 Å². The molecule has 0 atom stereocenters.